The van der Waals surface area contributed by atoms with E-state index in [4.69, 9.17) is 26.4 Å². The van der Waals surface area contributed by atoms with Crippen LogP contribution < -0.4 is 25.1 Å². The molecule has 4 rings (SSSR count). The van der Waals surface area contributed by atoms with Crippen molar-refractivity contribution in [2.24, 2.45) is 0 Å². The number of nitrogens with one attached hydrogen (secondary N) is 4. The maximum absolute atomic E-state index is 12.9. The van der Waals surface area contributed by atoms with Gasteiger partial charge < -0.3 is 29.5 Å². The summed E-state index contributed by atoms with van der Waals surface area (Å²) >= 11 is 5.03. The lowest BCUT2D eigenvalue weighted by molar-refractivity contribution is 0.0973. The average Bonchev–Trinajstić information content (AvgIpc) is 3.27. The van der Waals surface area contributed by atoms with Gasteiger partial charge in [0.1, 0.15) is 5.52 Å². The third-order valence-electron chi connectivity index (χ3n) is 4.93. The second-order valence-electron chi connectivity index (χ2n) is 7.05. The maximum atomic E-state index is 12.9. The van der Waals surface area contributed by atoms with Crippen molar-refractivity contribution in [3.05, 3.63) is 74.5 Å². The number of rotatable bonds is 7. The Bertz CT molecular complexity index is 1480. The van der Waals surface area contributed by atoms with Crippen molar-refractivity contribution in [1.29, 1.82) is 0 Å². The molecule has 2 aromatic heterocycles. The molecule has 0 bridgehead atoms. The monoisotopic (exact) mass is 479 g/mol. The topological polar surface area (TPSA) is 134 Å². The number of hydrogen-bond acceptors (Lipinski definition) is 7. The molecule has 0 aliphatic rings. The van der Waals surface area contributed by atoms with Gasteiger partial charge in [0.2, 0.25) is 5.75 Å². The Labute approximate surface area is 198 Å². The first-order chi connectivity index (χ1) is 16.4. The number of amides is 1. The summed E-state index contributed by atoms with van der Waals surface area (Å²) in [6, 6.07) is 12.2. The smallest absolute Gasteiger partial charge is 0.277 e. The van der Waals surface area contributed by atoms with Gasteiger partial charge in [-0.05, 0) is 48.1 Å². The van der Waals surface area contributed by atoms with Crippen LogP contribution in [0.3, 0.4) is 0 Å². The van der Waals surface area contributed by atoms with E-state index in [2.05, 4.69) is 25.3 Å². The zero-order valence-corrected chi connectivity index (χ0v) is 19.3. The molecule has 1 amide bonds. The SMILES string of the molecule is COc1cc(/C=C(\NC(=O)c2ccccc2)c2nc3[nH]c(=S)[nH]c(=O)c3[nH]2)cc(OC)c1OC. The molecule has 0 saturated carbocycles. The van der Waals surface area contributed by atoms with E-state index >= 15 is 0 Å². The van der Waals surface area contributed by atoms with E-state index in [-0.39, 0.29) is 27.7 Å². The third kappa shape index (κ3) is 4.55. The van der Waals surface area contributed by atoms with Crippen LogP contribution in [0.15, 0.2) is 47.3 Å². The Kier molecular flexibility index (Phi) is 6.46. The first-order valence-corrected chi connectivity index (χ1v) is 10.4. The van der Waals surface area contributed by atoms with Crippen molar-refractivity contribution >= 4 is 41.1 Å². The molecule has 0 fully saturated rings. The number of carbonyl (C=O) groups is 1. The predicted molar refractivity (Wildman–Crippen MR) is 130 cm³/mol. The number of benzene rings is 2. The first-order valence-electron chi connectivity index (χ1n) is 10.0. The Balaban J connectivity index is 1.87. The summed E-state index contributed by atoms with van der Waals surface area (Å²) in [5, 5.41) is 2.86. The molecular formula is C23H21N5O5S. The van der Waals surface area contributed by atoms with Crippen LogP contribution in [0.4, 0.5) is 0 Å². The van der Waals surface area contributed by atoms with Crippen LogP contribution in [0.5, 0.6) is 17.2 Å². The molecule has 0 unspecified atom stereocenters. The molecule has 2 aromatic carbocycles. The van der Waals surface area contributed by atoms with Gasteiger partial charge in [-0.1, -0.05) is 18.2 Å². The van der Waals surface area contributed by atoms with E-state index < -0.39 is 5.56 Å². The van der Waals surface area contributed by atoms with Crippen LogP contribution in [-0.4, -0.2) is 47.2 Å². The first kappa shape index (κ1) is 22.8. The Morgan fingerprint density at radius 2 is 1.68 bits per heavy atom. The van der Waals surface area contributed by atoms with Crippen LogP contribution in [0.2, 0.25) is 0 Å². The number of ether oxygens (including phenoxy) is 3. The molecule has 174 valence electrons. The standard InChI is InChI=1S/C23H21N5O5S/c1-31-15-10-12(11-16(32-2)18(15)33-3)9-14(24-21(29)13-7-5-4-6-8-13)19-25-17-20(26-19)27-23(34)28-22(17)30/h4-11H,1-3H3,(H,24,29)(H3,25,26,27,28,30,34)/b14-9-. The third-order valence-corrected chi connectivity index (χ3v) is 5.13. The van der Waals surface area contributed by atoms with Gasteiger partial charge in [-0.3, -0.25) is 14.6 Å². The largest absolute Gasteiger partial charge is 0.493 e. The van der Waals surface area contributed by atoms with Crippen molar-refractivity contribution in [1.82, 2.24) is 25.3 Å². The molecule has 0 atom stereocenters. The van der Waals surface area contributed by atoms with Crippen molar-refractivity contribution in [3.63, 3.8) is 0 Å². The zero-order valence-electron chi connectivity index (χ0n) is 18.5. The number of hydrogen-bond donors (Lipinski definition) is 4. The summed E-state index contributed by atoms with van der Waals surface area (Å²) in [5.74, 6) is 1.19. The maximum Gasteiger partial charge on any atom is 0.277 e. The average molecular weight is 480 g/mol. The molecular weight excluding hydrogens is 458 g/mol. The molecule has 0 aliphatic carbocycles. The zero-order chi connectivity index (χ0) is 24.2. The summed E-state index contributed by atoms with van der Waals surface area (Å²) in [5.41, 5.74) is 1.39. The molecule has 0 spiro atoms. The fourth-order valence-corrected chi connectivity index (χ4v) is 3.55. The number of H-pyrrole nitrogens is 3. The summed E-state index contributed by atoms with van der Waals surface area (Å²) in [4.78, 5) is 38.0. The molecule has 34 heavy (non-hydrogen) atoms. The number of carbonyl (C=O) groups excluding carboxylic acids is 1. The van der Waals surface area contributed by atoms with E-state index in [1.807, 2.05) is 6.07 Å². The number of methoxy groups -OCH3 is 3. The van der Waals surface area contributed by atoms with Gasteiger partial charge in [0.25, 0.3) is 11.5 Å². The minimum atomic E-state index is -0.431. The molecule has 0 aliphatic heterocycles. The summed E-state index contributed by atoms with van der Waals surface area (Å²) in [6.45, 7) is 0. The molecule has 4 N–H and O–H groups in total. The second kappa shape index (κ2) is 9.63. The fourth-order valence-electron chi connectivity index (χ4n) is 3.36. The lowest BCUT2D eigenvalue weighted by atomic mass is 10.1. The van der Waals surface area contributed by atoms with E-state index in [0.717, 1.165) is 0 Å². The number of aromatic nitrogens is 4. The van der Waals surface area contributed by atoms with Gasteiger partial charge in [-0.25, -0.2) is 4.98 Å². The Morgan fingerprint density at radius 3 is 2.29 bits per heavy atom. The second-order valence-corrected chi connectivity index (χ2v) is 7.46. The van der Waals surface area contributed by atoms with Gasteiger partial charge in [0.15, 0.2) is 27.7 Å². The number of imidazole rings is 1. The van der Waals surface area contributed by atoms with E-state index in [9.17, 15) is 9.59 Å². The van der Waals surface area contributed by atoms with Crippen molar-refractivity contribution in [2.75, 3.05) is 21.3 Å². The van der Waals surface area contributed by atoms with E-state index in [1.165, 1.54) is 21.3 Å². The number of fused-ring (bicyclic) bond motifs is 1. The lowest BCUT2D eigenvalue weighted by Gasteiger charge is -2.14. The summed E-state index contributed by atoms with van der Waals surface area (Å²) in [6.07, 6.45) is 1.67. The molecule has 11 heteroatoms. The van der Waals surface area contributed by atoms with Gasteiger partial charge >= 0.3 is 0 Å². The van der Waals surface area contributed by atoms with Crippen LogP contribution in [-0.2, 0) is 0 Å². The predicted octanol–water partition coefficient (Wildman–Crippen LogP) is 3.26. The van der Waals surface area contributed by atoms with Crippen LogP contribution >= 0.6 is 12.2 Å². The van der Waals surface area contributed by atoms with Gasteiger partial charge in [-0.15, -0.1) is 0 Å². The highest BCUT2D eigenvalue weighted by molar-refractivity contribution is 7.71. The minimum absolute atomic E-state index is 0.138. The fraction of sp³-hybridized carbons (Fsp3) is 0.130. The molecule has 2 heterocycles. The molecule has 0 saturated heterocycles. The van der Waals surface area contributed by atoms with Crippen LogP contribution in [0, 0.1) is 4.77 Å². The quantitative estimate of drug-likeness (QED) is 0.299. The normalized spacial score (nSPS) is 11.3. The highest BCUT2D eigenvalue weighted by atomic mass is 32.1. The molecule has 0 radical (unpaired) electrons. The molecule has 10 nitrogen and oxygen atoms in total. The van der Waals surface area contributed by atoms with E-state index in [0.29, 0.717) is 34.1 Å². The van der Waals surface area contributed by atoms with Gasteiger partial charge in [-0.2, -0.15) is 0 Å². The Morgan fingerprint density at radius 1 is 1.00 bits per heavy atom. The minimum Gasteiger partial charge on any atom is -0.493 e. The highest BCUT2D eigenvalue weighted by Gasteiger charge is 2.17. The van der Waals surface area contributed by atoms with Crippen molar-refractivity contribution in [2.45, 2.75) is 0 Å². The Hall–Kier alpha value is -4.38. The van der Waals surface area contributed by atoms with Crippen molar-refractivity contribution < 1.29 is 19.0 Å². The summed E-state index contributed by atoms with van der Waals surface area (Å²) < 4.78 is 16.4. The van der Waals surface area contributed by atoms with Gasteiger partial charge in [0, 0.05) is 5.56 Å². The van der Waals surface area contributed by atoms with Gasteiger partial charge in [0.05, 0.1) is 27.0 Å². The highest BCUT2D eigenvalue weighted by Crippen LogP contribution is 2.39. The lowest BCUT2D eigenvalue weighted by Crippen LogP contribution is -2.22. The molecule has 4 aromatic rings. The van der Waals surface area contributed by atoms with Crippen LogP contribution in [0.25, 0.3) is 22.9 Å². The number of nitrogens with zero attached hydrogens (tertiary/aromatic N) is 1. The van der Waals surface area contributed by atoms with Crippen molar-refractivity contribution in [3.8, 4) is 17.2 Å². The van der Waals surface area contributed by atoms with E-state index in [1.54, 1.807) is 42.5 Å². The number of aromatic amines is 3. The van der Waals surface area contributed by atoms with Crippen LogP contribution in [0.1, 0.15) is 21.7 Å². The summed E-state index contributed by atoms with van der Waals surface area (Å²) in [7, 11) is 4.53.